The van der Waals surface area contributed by atoms with Crippen molar-refractivity contribution in [3.63, 3.8) is 0 Å². The summed E-state index contributed by atoms with van der Waals surface area (Å²) in [5.74, 6) is 0.884. The zero-order chi connectivity index (χ0) is 25.2. The summed E-state index contributed by atoms with van der Waals surface area (Å²) in [5, 5.41) is 1.20. The largest absolute Gasteiger partial charge is 0.490 e. The van der Waals surface area contributed by atoms with Gasteiger partial charge in [-0.1, -0.05) is 74.3 Å². The van der Waals surface area contributed by atoms with E-state index in [-0.39, 0.29) is 12.0 Å². The molecule has 2 atom stereocenters. The summed E-state index contributed by atoms with van der Waals surface area (Å²) in [6.07, 6.45) is 2.08. The van der Waals surface area contributed by atoms with E-state index >= 15 is 0 Å². The summed E-state index contributed by atoms with van der Waals surface area (Å²) < 4.78 is 18.8. The molecule has 0 bridgehead atoms. The quantitative estimate of drug-likeness (QED) is 0.335. The minimum absolute atomic E-state index is 0.0973. The molecule has 0 N–H and O–H groups in total. The first kappa shape index (κ1) is 25.2. The summed E-state index contributed by atoms with van der Waals surface area (Å²) in [6, 6.07) is 19.6. The van der Waals surface area contributed by atoms with Crippen molar-refractivity contribution in [2.75, 3.05) is 13.3 Å². The summed E-state index contributed by atoms with van der Waals surface area (Å²) >= 11 is 12.2. The van der Waals surface area contributed by atoms with Crippen molar-refractivity contribution in [1.82, 2.24) is 4.90 Å². The highest BCUT2D eigenvalue weighted by molar-refractivity contribution is 6.30. The molecular weight excluding hydrogens is 486 g/mol. The van der Waals surface area contributed by atoms with Gasteiger partial charge in [0.1, 0.15) is 30.9 Å². The lowest BCUT2D eigenvalue weighted by atomic mass is 9.86. The average Bonchev–Trinajstić information content (AvgIpc) is 3.22. The van der Waals surface area contributed by atoms with Gasteiger partial charge in [0.15, 0.2) is 0 Å². The predicted octanol–water partition coefficient (Wildman–Crippen LogP) is 7.25. The van der Waals surface area contributed by atoms with Gasteiger partial charge in [-0.15, -0.1) is 0 Å². The van der Waals surface area contributed by atoms with Crippen molar-refractivity contribution < 1.29 is 13.9 Å². The maximum absolute atomic E-state index is 13.0. The minimum atomic E-state index is -0.629. The van der Waals surface area contributed by atoms with E-state index in [1.807, 2.05) is 42.5 Å². The van der Waals surface area contributed by atoms with Crippen LogP contribution in [0.1, 0.15) is 55.1 Å². The summed E-state index contributed by atoms with van der Waals surface area (Å²) in [4.78, 5) is 18.9. The number of rotatable bonds is 7. The van der Waals surface area contributed by atoms with Crippen molar-refractivity contribution >= 4 is 35.4 Å². The lowest BCUT2D eigenvalue weighted by Gasteiger charge is -2.26. The van der Waals surface area contributed by atoms with Crippen molar-refractivity contribution in [2.45, 2.75) is 38.3 Å². The van der Waals surface area contributed by atoms with Crippen LogP contribution in [0, 0.1) is 0 Å². The van der Waals surface area contributed by atoms with Gasteiger partial charge in [0, 0.05) is 10.0 Å². The Balaban J connectivity index is 1.87. The maximum Gasteiger partial charge on any atom is 0.318 e. The minimum Gasteiger partial charge on any atom is -0.490 e. The second-order valence-corrected chi connectivity index (χ2v) is 10.3. The summed E-state index contributed by atoms with van der Waals surface area (Å²) in [5.41, 5.74) is 3.23. The number of ether oxygens (including phenoxy) is 1. The lowest BCUT2D eigenvalue weighted by Crippen LogP contribution is -2.31. The fourth-order valence-corrected chi connectivity index (χ4v) is 4.44. The van der Waals surface area contributed by atoms with Crippen LogP contribution in [0.3, 0.4) is 0 Å². The molecule has 0 unspecified atom stereocenters. The highest BCUT2D eigenvalue weighted by Gasteiger charge is 2.40. The van der Waals surface area contributed by atoms with E-state index in [0.29, 0.717) is 27.2 Å². The van der Waals surface area contributed by atoms with E-state index in [1.54, 1.807) is 24.3 Å². The Morgan fingerprint density at radius 1 is 0.971 bits per heavy atom. The first-order valence-electron chi connectivity index (χ1n) is 11.3. The van der Waals surface area contributed by atoms with Gasteiger partial charge in [-0.25, -0.2) is 4.39 Å². The van der Waals surface area contributed by atoms with Crippen molar-refractivity contribution in [3.8, 4) is 5.75 Å². The third-order valence-electron chi connectivity index (χ3n) is 6.01. The van der Waals surface area contributed by atoms with E-state index < -0.39 is 18.8 Å². The van der Waals surface area contributed by atoms with E-state index in [9.17, 15) is 9.18 Å². The van der Waals surface area contributed by atoms with Crippen LogP contribution in [0.15, 0.2) is 71.7 Å². The standard InChI is InChI=1S/C28H26Cl2FN2O2/c1-28(2,3)20-8-13-23(24(16-20)35-15-14-31)27-32-25(18-4-9-21(29)10-5-18)26(33(27)17-34)19-6-11-22(30)12-7-19/h4-13,16,25-26H,14-15H2,1-3H3/t25-,26+/m0/s1. The fraction of sp³-hybridized carbons (Fsp3) is 0.286. The number of halogens is 3. The molecule has 0 saturated heterocycles. The predicted molar refractivity (Wildman–Crippen MR) is 139 cm³/mol. The molecule has 1 heterocycles. The lowest BCUT2D eigenvalue weighted by molar-refractivity contribution is 0.272. The van der Waals surface area contributed by atoms with Crippen LogP contribution in [-0.4, -0.2) is 30.4 Å². The number of benzene rings is 3. The molecule has 1 radical (unpaired) electrons. The zero-order valence-electron chi connectivity index (χ0n) is 19.8. The Morgan fingerprint density at radius 3 is 2.11 bits per heavy atom. The van der Waals surface area contributed by atoms with Gasteiger partial charge >= 0.3 is 6.41 Å². The van der Waals surface area contributed by atoms with Crippen molar-refractivity contribution in [3.05, 3.63) is 99.0 Å². The smallest absolute Gasteiger partial charge is 0.318 e. The van der Waals surface area contributed by atoms with Gasteiger partial charge in [-0.05, 0) is 58.5 Å². The monoisotopic (exact) mass is 511 g/mol. The number of alkyl halides is 1. The molecule has 181 valence electrons. The Bertz CT molecular complexity index is 1220. The first-order valence-corrected chi connectivity index (χ1v) is 12.1. The topological polar surface area (TPSA) is 41.9 Å². The second-order valence-electron chi connectivity index (χ2n) is 9.41. The van der Waals surface area contributed by atoms with Crippen molar-refractivity contribution in [1.29, 1.82) is 0 Å². The molecule has 3 aromatic rings. The molecule has 0 spiro atoms. The molecular formula is C28H26Cl2FN2O2. The number of nitrogens with zero attached hydrogens (tertiary/aromatic N) is 2. The van der Waals surface area contributed by atoms with Crippen LogP contribution in [0.2, 0.25) is 10.0 Å². The number of hydrogen-bond donors (Lipinski definition) is 0. The molecule has 3 aromatic carbocycles. The highest BCUT2D eigenvalue weighted by Crippen LogP contribution is 2.44. The number of amides is 1. The normalized spacial score (nSPS) is 17.9. The Hall–Kier alpha value is -2.89. The summed E-state index contributed by atoms with van der Waals surface area (Å²) in [6.45, 7) is 5.54. The molecule has 0 aromatic heterocycles. The van der Waals surface area contributed by atoms with Crippen LogP contribution >= 0.6 is 23.2 Å². The molecule has 7 heteroatoms. The third kappa shape index (κ3) is 5.36. The number of hydrogen-bond acceptors (Lipinski definition) is 3. The zero-order valence-corrected chi connectivity index (χ0v) is 21.3. The van der Waals surface area contributed by atoms with Gasteiger partial charge < -0.3 is 4.74 Å². The van der Waals surface area contributed by atoms with Gasteiger partial charge in [0.05, 0.1) is 11.6 Å². The van der Waals surface area contributed by atoms with Gasteiger partial charge in [-0.3, -0.25) is 14.7 Å². The van der Waals surface area contributed by atoms with Gasteiger partial charge in [0.2, 0.25) is 0 Å². The molecule has 4 rings (SSSR count). The van der Waals surface area contributed by atoms with Crippen LogP contribution in [0.4, 0.5) is 4.39 Å². The maximum atomic E-state index is 13.0. The Labute approximate surface area is 215 Å². The van der Waals surface area contributed by atoms with Crippen LogP contribution in [0.25, 0.3) is 0 Å². The molecule has 4 nitrogen and oxygen atoms in total. The van der Waals surface area contributed by atoms with Crippen LogP contribution in [0.5, 0.6) is 5.75 Å². The van der Waals surface area contributed by atoms with Gasteiger partial charge in [0.25, 0.3) is 0 Å². The van der Waals surface area contributed by atoms with Crippen molar-refractivity contribution in [2.24, 2.45) is 4.99 Å². The first-order chi connectivity index (χ1) is 16.7. The van der Waals surface area contributed by atoms with E-state index in [1.165, 1.54) is 4.90 Å². The number of carbonyl (C=O) groups excluding carboxylic acids is 1. The van der Waals surface area contributed by atoms with Crippen LogP contribution < -0.4 is 4.74 Å². The molecule has 0 aliphatic carbocycles. The average molecular weight is 512 g/mol. The fourth-order valence-electron chi connectivity index (χ4n) is 4.19. The molecule has 0 fully saturated rings. The molecule has 0 saturated carbocycles. The highest BCUT2D eigenvalue weighted by atomic mass is 35.5. The number of aliphatic imine (C=N–C) groups is 1. The molecule has 1 amide bonds. The second kappa shape index (κ2) is 10.4. The Morgan fingerprint density at radius 2 is 1.57 bits per heavy atom. The third-order valence-corrected chi connectivity index (χ3v) is 6.52. The molecule has 35 heavy (non-hydrogen) atoms. The van der Waals surface area contributed by atoms with E-state index in [2.05, 4.69) is 27.2 Å². The summed E-state index contributed by atoms with van der Waals surface area (Å²) in [7, 11) is 0. The van der Waals surface area contributed by atoms with E-state index in [0.717, 1.165) is 16.7 Å². The van der Waals surface area contributed by atoms with Gasteiger partial charge in [-0.2, -0.15) is 0 Å². The SMILES string of the molecule is CC(C)(C)c1ccc(C2=N[C@@H](c3ccc(Cl)cc3)[C@@H](c3ccc(Cl)cc3)N2[C]=O)c(OCCF)c1. The van der Waals surface area contributed by atoms with Crippen LogP contribution in [-0.2, 0) is 10.2 Å². The molecule has 1 aliphatic rings. The Kier molecular flexibility index (Phi) is 7.48. The molecule has 1 aliphatic heterocycles. The number of amidine groups is 1. The van der Waals surface area contributed by atoms with E-state index in [4.69, 9.17) is 32.9 Å².